The van der Waals surface area contributed by atoms with E-state index in [0.29, 0.717) is 11.5 Å². The van der Waals surface area contributed by atoms with Gasteiger partial charge in [-0.2, -0.15) is 0 Å². The van der Waals surface area contributed by atoms with Crippen molar-refractivity contribution in [1.29, 1.82) is 0 Å². The van der Waals surface area contributed by atoms with Gasteiger partial charge in [-0.05, 0) is 47.5 Å². The predicted octanol–water partition coefficient (Wildman–Crippen LogP) is 4.42. The van der Waals surface area contributed by atoms with Crippen LogP contribution < -0.4 is 9.47 Å². The van der Waals surface area contributed by atoms with E-state index in [1.165, 1.54) is 12.1 Å². The third-order valence-corrected chi connectivity index (χ3v) is 4.38. The van der Waals surface area contributed by atoms with Crippen LogP contribution in [-0.2, 0) is 22.7 Å². The minimum Gasteiger partial charge on any atom is -0.497 e. The zero-order valence-corrected chi connectivity index (χ0v) is 16.8. The quantitative estimate of drug-likeness (QED) is 0.516. The van der Waals surface area contributed by atoms with Crippen LogP contribution in [0.25, 0.3) is 0 Å². The SMILES string of the molecule is COc1cccc(COC(=O)c2ccccc2C(=O)OCc2cccc(OC)c2)c1. The summed E-state index contributed by atoms with van der Waals surface area (Å²) < 4.78 is 21.1. The van der Waals surface area contributed by atoms with E-state index in [9.17, 15) is 9.59 Å². The molecule has 3 aromatic rings. The van der Waals surface area contributed by atoms with Crippen molar-refractivity contribution in [2.24, 2.45) is 0 Å². The molecule has 3 rings (SSSR count). The lowest BCUT2D eigenvalue weighted by Crippen LogP contribution is -2.14. The van der Waals surface area contributed by atoms with Crippen molar-refractivity contribution in [3.63, 3.8) is 0 Å². The fourth-order valence-electron chi connectivity index (χ4n) is 2.82. The van der Waals surface area contributed by atoms with Gasteiger partial charge in [0.1, 0.15) is 24.7 Å². The summed E-state index contributed by atoms with van der Waals surface area (Å²) in [4.78, 5) is 25.2. The molecule has 0 N–H and O–H groups in total. The van der Waals surface area contributed by atoms with Crippen LogP contribution in [0.3, 0.4) is 0 Å². The third-order valence-electron chi connectivity index (χ3n) is 4.38. The van der Waals surface area contributed by atoms with Gasteiger partial charge < -0.3 is 18.9 Å². The standard InChI is InChI=1S/C24H22O6/c1-27-19-9-5-7-17(13-19)15-29-23(25)21-11-3-4-12-22(21)24(26)30-16-18-8-6-10-20(14-18)28-2/h3-14H,15-16H2,1-2H3. The largest absolute Gasteiger partial charge is 0.497 e. The summed E-state index contributed by atoms with van der Waals surface area (Å²) in [5.41, 5.74) is 1.86. The summed E-state index contributed by atoms with van der Waals surface area (Å²) in [5, 5.41) is 0. The lowest BCUT2D eigenvalue weighted by molar-refractivity contribution is 0.0425. The normalized spacial score (nSPS) is 10.2. The number of hydrogen-bond acceptors (Lipinski definition) is 6. The van der Waals surface area contributed by atoms with Crippen molar-refractivity contribution in [2.75, 3.05) is 14.2 Å². The van der Waals surface area contributed by atoms with Crippen LogP contribution in [0.5, 0.6) is 11.5 Å². The zero-order valence-electron chi connectivity index (χ0n) is 16.8. The van der Waals surface area contributed by atoms with Gasteiger partial charge >= 0.3 is 11.9 Å². The highest BCUT2D eigenvalue weighted by atomic mass is 16.5. The molecule has 6 heteroatoms. The van der Waals surface area contributed by atoms with E-state index >= 15 is 0 Å². The summed E-state index contributed by atoms with van der Waals surface area (Å²) in [5.74, 6) is 0.133. The lowest BCUT2D eigenvalue weighted by Gasteiger charge is -2.11. The molecule has 0 aliphatic rings. The Morgan fingerprint density at radius 3 is 1.47 bits per heavy atom. The predicted molar refractivity (Wildman–Crippen MR) is 111 cm³/mol. The summed E-state index contributed by atoms with van der Waals surface area (Å²) in [6.07, 6.45) is 0. The third kappa shape index (κ3) is 5.38. The second kappa shape index (κ2) is 10.1. The number of hydrogen-bond donors (Lipinski definition) is 0. The maximum Gasteiger partial charge on any atom is 0.339 e. The highest BCUT2D eigenvalue weighted by Gasteiger charge is 2.19. The Balaban J connectivity index is 1.66. The molecule has 0 unspecified atom stereocenters. The van der Waals surface area contributed by atoms with Crippen LogP contribution in [-0.4, -0.2) is 26.2 Å². The van der Waals surface area contributed by atoms with E-state index in [4.69, 9.17) is 18.9 Å². The van der Waals surface area contributed by atoms with Crippen molar-refractivity contribution in [1.82, 2.24) is 0 Å². The molecule has 0 aliphatic carbocycles. The monoisotopic (exact) mass is 406 g/mol. The van der Waals surface area contributed by atoms with Crippen molar-refractivity contribution >= 4 is 11.9 Å². The maximum absolute atomic E-state index is 12.6. The molecule has 154 valence electrons. The Morgan fingerprint density at radius 2 is 1.07 bits per heavy atom. The smallest absolute Gasteiger partial charge is 0.339 e. The van der Waals surface area contributed by atoms with Crippen LogP contribution in [0.2, 0.25) is 0 Å². The second-order valence-corrected chi connectivity index (χ2v) is 6.40. The van der Waals surface area contributed by atoms with Crippen LogP contribution >= 0.6 is 0 Å². The van der Waals surface area contributed by atoms with Gasteiger partial charge in [-0.1, -0.05) is 36.4 Å². The van der Waals surface area contributed by atoms with Crippen LogP contribution in [0.15, 0.2) is 72.8 Å². The molecule has 0 fully saturated rings. The minimum absolute atomic E-state index is 0.0588. The van der Waals surface area contributed by atoms with Gasteiger partial charge in [-0.25, -0.2) is 9.59 Å². The Kier molecular flexibility index (Phi) is 7.05. The number of methoxy groups -OCH3 is 2. The molecule has 0 amide bonds. The molecule has 30 heavy (non-hydrogen) atoms. The van der Waals surface area contributed by atoms with E-state index in [1.807, 2.05) is 24.3 Å². The molecule has 0 radical (unpaired) electrons. The summed E-state index contributed by atoms with van der Waals surface area (Å²) >= 11 is 0. The molecule has 0 saturated heterocycles. The number of benzene rings is 3. The van der Waals surface area contributed by atoms with E-state index in [-0.39, 0.29) is 24.3 Å². The molecule has 0 spiro atoms. The average Bonchev–Trinajstić information content (AvgIpc) is 2.81. The fraction of sp³-hybridized carbons (Fsp3) is 0.167. The number of ether oxygens (including phenoxy) is 4. The van der Waals surface area contributed by atoms with Crippen LogP contribution in [0.4, 0.5) is 0 Å². The number of esters is 2. The van der Waals surface area contributed by atoms with Crippen LogP contribution in [0.1, 0.15) is 31.8 Å². The average molecular weight is 406 g/mol. The molecule has 0 heterocycles. The summed E-state index contributed by atoms with van der Waals surface area (Å²) in [6.45, 7) is 0.118. The highest BCUT2D eigenvalue weighted by molar-refractivity contribution is 6.03. The molecule has 0 saturated carbocycles. The van der Waals surface area contributed by atoms with E-state index in [2.05, 4.69) is 0 Å². The Hall–Kier alpha value is -3.80. The molecule has 3 aromatic carbocycles. The topological polar surface area (TPSA) is 71.1 Å². The van der Waals surface area contributed by atoms with Crippen molar-refractivity contribution in [2.45, 2.75) is 13.2 Å². The first-order chi connectivity index (χ1) is 14.6. The first-order valence-corrected chi connectivity index (χ1v) is 9.30. The van der Waals surface area contributed by atoms with Gasteiger partial charge in [-0.15, -0.1) is 0 Å². The van der Waals surface area contributed by atoms with E-state index in [1.54, 1.807) is 50.6 Å². The first kappa shape index (κ1) is 20.9. The maximum atomic E-state index is 12.6. The molecule has 0 atom stereocenters. The second-order valence-electron chi connectivity index (χ2n) is 6.40. The molecular formula is C24H22O6. The molecule has 0 aliphatic heterocycles. The molecule has 6 nitrogen and oxygen atoms in total. The van der Waals surface area contributed by atoms with Gasteiger partial charge in [0.2, 0.25) is 0 Å². The Bertz CT molecular complexity index is 945. The van der Waals surface area contributed by atoms with Gasteiger partial charge in [0.15, 0.2) is 0 Å². The van der Waals surface area contributed by atoms with E-state index < -0.39 is 11.9 Å². The fourth-order valence-corrected chi connectivity index (χ4v) is 2.82. The molecule has 0 bridgehead atoms. The van der Waals surface area contributed by atoms with Gasteiger partial charge in [0.05, 0.1) is 25.3 Å². The van der Waals surface area contributed by atoms with Gasteiger partial charge in [-0.3, -0.25) is 0 Å². The summed E-state index contributed by atoms with van der Waals surface area (Å²) in [6, 6.07) is 20.8. The number of rotatable bonds is 8. The van der Waals surface area contributed by atoms with Gasteiger partial charge in [0.25, 0.3) is 0 Å². The molecular weight excluding hydrogens is 384 g/mol. The minimum atomic E-state index is -0.605. The highest BCUT2D eigenvalue weighted by Crippen LogP contribution is 2.18. The first-order valence-electron chi connectivity index (χ1n) is 9.30. The Morgan fingerprint density at radius 1 is 0.633 bits per heavy atom. The summed E-state index contributed by atoms with van der Waals surface area (Å²) in [7, 11) is 3.14. The van der Waals surface area contributed by atoms with Gasteiger partial charge in [0, 0.05) is 0 Å². The lowest BCUT2D eigenvalue weighted by atomic mass is 10.1. The van der Waals surface area contributed by atoms with E-state index in [0.717, 1.165) is 11.1 Å². The molecule has 0 aromatic heterocycles. The zero-order chi connectivity index (χ0) is 21.3. The Labute approximate surface area is 175 Å². The number of carbonyl (C=O) groups is 2. The number of carbonyl (C=O) groups excluding carboxylic acids is 2. The van der Waals surface area contributed by atoms with Crippen LogP contribution in [0, 0.1) is 0 Å². The van der Waals surface area contributed by atoms with Crippen molar-refractivity contribution in [3.8, 4) is 11.5 Å². The van der Waals surface area contributed by atoms with Crippen molar-refractivity contribution in [3.05, 3.63) is 95.1 Å². The van der Waals surface area contributed by atoms with Crippen molar-refractivity contribution < 1.29 is 28.5 Å².